The maximum absolute atomic E-state index is 13.2. The highest BCUT2D eigenvalue weighted by molar-refractivity contribution is 9.15. The predicted octanol–water partition coefficient (Wildman–Crippen LogP) is 5.05. The van der Waals surface area contributed by atoms with Gasteiger partial charge in [-0.15, -0.1) is 0 Å². The van der Waals surface area contributed by atoms with Crippen molar-refractivity contribution >= 4 is 44.8 Å². The van der Waals surface area contributed by atoms with E-state index in [1.54, 1.807) is 12.1 Å². The molecule has 1 aromatic rings. The first-order chi connectivity index (χ1) is 9.51. The Labute approximate surface area is 133 Å². The zero-order chi connectivity index (χ0) is 14.8. The van der Waals surface area contributed by atoms with Crippen LogP contribution in [0.1, 0.15) is 38.7 Å². The maximum Gasteiger partial charge on any atom is 0.347 e. The molecule has 1 aromatic carbocycles. The van der Waals surface area contributed by atoms with Crippen molar-refractivity contribution in [2.45, 2.75) is 33.1 Å². The molecule has 0 radical (unpaired) electrons. The summed E-state index contributed by atoms with van der Waals surface area (Å²) in [5.41, 5.74) is 0.899. The van der Waals surface area contributed by atoms with Crippen molar-refractivity contribution < 1.29 is 9.09 Å². The van der Waals surface area contributed by atoms with Crippen molar-refractivity contribution in [1.29, 1.82) is 0 Å². The lowest BCUT2D eigenvalue weighted by Gasteiger charge is -2.29. The van der Waals surface area contributed by atoms with Crippen molar-refractivity contribution in [1.82, 2.24) is 5.09 Å². The quantitative estimate of drug-likeness (QED) is 0.729. The smallest absolute Gasteiger partial charge is 0.347 e. The van der Waals surface area contributed by atoms with Crippen LogP contribution in [-0.4, -0.2) is 6.54 Å². The number of hydrogen-bond acceptors (Lipinski definition) is 2. The lowest BCUT2D eigenvalue weighted by molar-refractivity contribution is 0.385. The second-order valence-corrected chi connectivity index (χ2v) is 8.01. The van der Waals surface area contributed by atoms with Gasteiger partial charge in [-0.25, -0.2) is 5.09 Å². The van der Waals surface area contributed by atoms with Gasteiger partial charge >= 0.3 is 7.52 Å². The molecule has 110 valence electrons. The molecule has 0 fully saturated rings. The molecule has 0 amide bonds. The van der Waals surface area contributed by atoms with Gasteiger partial charge in [-0.3, -0.25) is 4.57 Å². The Morgan fingerprint density at radius 3 is 2.75 bits per heavy atom. The topological polar surface area (TPSA) is 38.3 Å². The van der Waals surface area contributed by atoms with Gasteiger partial charge in [0.15, 0.2) is 0 Å². The predicted molar refractivity (Wildman–Crippen MR) is 88.8 cm³/mol. The summed E-state index contributed by atoms with van der Waals surface area (Å²) in [5.74, 6) is 0.745. The van der Waals surface area contributed by atoms with E-state index in [4.69, 9.17) is 16.1 Å². The summed E-state index contributed by atoms with van der Waals surface area (Å²) in [6, 6.07) is 5.42. The minimum Gasteiger partial charge on any atom is -0.433 e. The Kier molecular flexibility index (Phi) is 5.36. The van der Waals surface area contributed by atoms with Crippen LogP contribution >= 0.6 is 35.1 Å². The molecule has 0 aromatic heterocycles. The average molecular weight is 379 g/mol. The summed E-state index contributed by atoms with van der Waals surface area (Å²) in [6.45, 7) is 4.74. The Hall–Kier alpha value is -0.280. The van der Waals surface area contributed by atoms with E-state index in [2.05, 4.69) is 27.9 Å². The van der Waals surface area contributed by atoms with Crippen LogP contribution in [0.5, 0.6) is 0 Å². The van der Waals surface area contributed by atoms with Crippen molar-refractivity contribution in [2.24, 2.45) is 0 Å². The van der Waals surface area contributed by atoms with Crippen molar-refractivity contribution in [3.05, 3.63) is 34.5 Å². The molecular weight excluding hydrogens is 360 g/mol. The first kappa shape index (κ1) is 16.1. The second kappa shape index (κ2) is 6.65. The normalized spacial score (nSPS) is 21.6. The molecule has 1 aliphatic heterocycles. The minimum absolute atomic E-state index is 0.560. The van der Waals surface area contributed by atoms with Crippen LogP contribution in [0.15, 0.2) is 24.0 Å². The van der Waals surface area contributed by atoms with E-state index < -0.39 is 7.52 Å². The fraction of sp³-hybridized carbons (Fsp3) is 0.429. The van der Waals surface area contributed by atoms with Crippen LogP contribution in [0.3, 0.4) is 0 Å². The van der Waals surface area contributed by atoms with Crippen LogP contribution in [-0.2, 0) is 9.09 Å². The zero-order valence-electron chi connectivity index (χ0n) is 11.6. The third-order valence-electron chi connectivity index (χ3n) is 3.04. The van der Waals surface area contributed by atoms with Crippen LogP contribution in [0.4, 0.5) is 0 Å². The number of rotatable bonds is 5. The number of fused-ring (bicyclic) bond motifs is 1. The Morgan fingerprint density at radius 1 is 1.35 bits per heavy atom. The molecule has 1 N–H and O–H groups in total. The number of halogens is 2. The summed E-state index contributed by atoms with van der Waals surface area (Å²) < 4.78 is 19.9. The monoisotopic (exact) mass is 377 g/mol. The van der Waals surface area contributed by atoms with Crippen molar-refractivity contribution in [2.75, 3.05) is 6.54 Å². The largest absolute Gasteiger partial charge is 0.433 e. The molecule has 6 heteroatoms. The summed E-state index contributed by atoms with van der Waals surface area (Å²) in [7, 11) is -3.09. The standard InChI is InChI=1S/C14H18BrClNO2P/c1-3-5-12-14(15)11-7-6-10(16)9-13(11)20(18,19-12)17-8-4-2/h6-7,9H,3-5,8H2,1-2H3,(H,17,18). The molecule has 2 rings (SSSR count). The third kappa shape index (κ3) is 3.14. The van der Waals surface area contributed by atoms with Crippen LogP contribution in [0.2, 0.25) is 5.02 Å². The first-order valence-corrected chi connectivity index (χ1v) is 9.55. The fourth-order valence-corrected chi connectivity index (χ4v) is 5.40. The van der Waals surface area contributed by atoms with Gasteiger partial charge in [-0.2, -0.15) is 0 Å². The molecule has 0 bridgehead atoms. The molecule has 20 heavy (non-hydrogen) atoms. The summed E-state index contributed by atoms with van der Waals surface area (Å²) in [6.07, 6.45) is 2.57. The lowest BCUT2D eigenvalue weighted by atomic mass is 10.1. The average Bonchev–Trinajstić information content (AvgIpc) is 2.43. The van der Waals surface area contributed by atoms with E-state index in [1.807, 2.05) is 13.0 Å². The highest BCUT2D eigenvalue weighted by Crippen LogP contribution is 2.52. The molecule has 0 spiro atoms. The Morgan fingerprint density at radius 2 is 2.10 bits per heavy atom. The summed E-state index contributed by atoms with van der Waals surface area (Å²) in [4.78, 5) is 0. The van der Waals surface area contributed by atoms with E-state index in [-0.39, 0.29) is 0 Å². The molecule has 1 aliphatic rings. The minimum atomic E-state index is -3.09. The lowest BCUT2D eigenvalue weighted by Crippen LogP contribution is -2.27. The van der Waals surface area contributed by atoms with Crippen LogP contribution in [0, 0.1) is 0 Å². The maximum atomic E-state index is 13.2. The first-order valence-electron chi connectivity index (χ1n) is 6.75. The van der Waals surface area contributed by atoms with E-state index in [9.17, 15) is 4.57 Å². The molecular formula is C14H18BrClNO2P. The van der Waals surface area contributed by atoms with Crippen molar-refractivity contribution in [3.8, 4) is 0 Å². The molecule has 1 unspecified atom stereocenters. The Balaban J connectivity index is 2.54. The van der Waals surface area contributed by atoms with E-state index in [0.717, 1.165) is 35.1 Å². The molecule has 0 saturated heterocycles. The number of nitrogens with one attached hydrogen (secondary N) is 1. The summed E-state index contributed by atoms with van der Waals surface area (Å²) in [5, 5.41) is 4.26. The number of hydrogen-bond donors (Lipinski definition) is 1. The van der Waals surface area contributed by atoms with Crippen LogP contribution in [0.25, 0.3) is 4.48 Å². The second-order valence-electron chi connectivity index (χ2n) is 4.70. The van der Waals surface area contributed by atoms with Gasteiger partial charge in [0.25, 0.3) is 0 Å². The molecule has 3 nitrogen and oxygen atoms in total. The molecule has 0 saturated carbocycles. The SMILES string of the molecule is CCCNP1(=O)OC(CCC)=C(Br)c2ccc(Cl)cc21. The number of benzene rings is 1. The van der Waals surface area contributed by atoms with E-state index in [0.29, 0.717) is 16.9 Å². The third-order valence-corrected chi connectivity index (χ3v) is 6.27. The summed E-state index contributed by atoms with van der Waals surface area (Å²) >= 11 is 9.61. The molecule has 0 aliphatic carbocycles. The number of allylic oxidation sites excluding steroid dienone is 1. The zero-order valence-corrected chi connectivity index (χ0v) is 14.8. The van der Waals surface area contributed by atoms with Gasteiger partial charge in [0.1, 0.15) is 5.76 Å². The Bertz CT molecular complexity index is 589. The van der Waals surface area contributed by atoms with Crippen LogP contribution < -0.4 is 10.4 Å². The van der Waals surface area contributed by atoms with Gasteiger partial charge in [-0.1, -0.05) is 31.5 Å². The fourth-order valence-electron chi connectivity index (χ4n) is 2.09. The highest BCUT2D eigenvalue weighted by Gasteiger charge is 2.36. The van der Waals surface area contributed by atoms with Crippen molar-refractivity contribution in [3.63, 3.8) is 0 Å². The molecule has 1 atom stereocenters. The van der Waals surface area contributed by atoms with Gasteiger partial charge in [0, 0.05) is 23.6 Å². The van der Waals surface area contributed by atoms with Gasteiger partial charge in [-0.05, 0) is 40.9 Å². The van der Waals surface area contributed by atoms with Gasteiger partial charge < -0.3 is 4.52 Å². The van der Waals surface area contributed by atoms with Gasteiger partial charge in [0.05, 0.1) is 9.79 Å². The van der Waals surface area contributed by atoms with E-state index in [1.165, 1.54) is 0 Å². The van der Waals surface area contributed by atoms with E-state index >= 15 is 0 Å². The molecule has 1 heterocycles. The highest BCUT2D eigenvalue weighted by atomic mass is 79.9. The van der Waals surface area contributed by atoms with Gasteiger partial charge in [0.2, 0.25) is 0 Å².